The summed E-state index contributed by atoms with van der Waals surface area (Å²) in [5.41, 5.74) is 7.07. The summed E-state index contributed by atoms with van der Waals surface area (Å²) in [6.07, 6.45) is -0.981. The first-order valence-corrected chi connectivity index (χ1v) is 3.81. The van der Waals surface area contributed by atoms with Gasteiger partial charge < -0.3 is 10.8 Å². The Labute approximate surface area is 79.0 Å². The Bertz CT molecular complexity index is 309. The van der Waals surface area contributed by atoms with Crippen molar-refractivity contribution in [3.63, 3.8) is 0 Å². The van der Waals surface area contributed by atoms with Gasteiger partial charge in [0.1, 0.15) is 12.8 Å². The minimum atomic E-state index is -1.05. The number of tetrazole rings is 1. The van der Waals surface area contributed by atoms with Crippen LogP contribution in [0, 0.1) is 0 Å². The molecule has 78 valence electrons. The van der Waals surface area contributed by atoms with Crippen LogP contribution in [0.25, 0.3) is 0 Å². The highest BCUT2D eigenvalue weighted by Crippen LogP contribution is 1.94. The summed E-state index contributed by atoms with van der Waals surface area (Å²) in [6.45, 7) is -0.106. The quantitative estimate of drug-likeness (QED) is 0.171. The average Bonchev–Trinajstić information content (AvgIpc) is 2.52. The molecule has 1 amide bonds. The molecule has 1 unspecified atom stereocenters. The lowest BCUT2D eigenvalue weighted by molar-refractivity contribution is -0.122. The number of hydrogen-bond acceptors (Lipinski definition) is 7. The number of hydrogen-bond donors (Lipinski definition) is 4. The van der Waals surface area contributed by atoms with Crippen LogP contribution in [0.5, 0.6) is 0 Å². The van der Waals surface area contributed by atoms with Gasteiger partial charge in [0.05, 0.1) is 0 Å². The summed E-state index contributed by atoms with van der Waals surface area (Å²) in [6, 6.07) is 0. The number of nitrogens with one attached hydrogen (secondary N) is 1. The van der Waals surface area contributed by atoms with Crippen molar-refractivity contribution in [3.8, 4) is 0 Å². The van der Waals surface area contributed by atoms with Crippen LogP contribution >= 0.6 is 0 Å². The Morgan fingerprint density at radius 1 is 1.71 bits per heavy atom. The standard InChI is InChI=1S/C5H11N7O2/c6-3(13)1-4-9-10-11-12(4)2-5(14)8-7/h3,13H,1-2,6-7H2,(H,8,14). The molecule has 14 heavy (non-hydrogen) atoms. The highest BCUT2D eigenvalue weighted by atomic mass is 16.3. The smallest absolute Gasteiger partial charge is 0.255 e. The van der Waals surface area contributed by atoms with Crippen LogP contribution in [-0.2, 0) is 17.8 Å². The molecule has 0 aliphatic heterocycles. The third kappa shape index (κ3) is 2.73. The molecule has 0 aliphatic carbocycles. The molecule has 6 N–H and O–H groups in total. The SMILES string of the molecule is NNC(=O)Cn1nnnc1CC(N)O. The Balaban J connectivity index is 2.67. The minimum absolute atomic E-state index is 0.0743. The van der Waals surface area contributed by atoms with Gasteiger partial charge in [-0.1, -0.05) is 0 Å². The summed E-state index contributed by atoms with van der Waals surface area (Å²) in [5.74, 6) is 4.77. The second-order valence-electron chi connectivity index (χ2n) is 2.59. The van der Waals surface area contributed by atoms with Gasteiger partial charge in [-0.05, 0) is 10.4 Å². The Morgan fingerprint density at radius 3 is 3.00 bits per heavy atom. The Kier molecular flexibility index (Phi) is 3.45. The number of carbonyl (C=O) groups excluding carboxylic acids is 1. The number of amides is 1. The van der Waals surface area contributed by atoms with Crippen molar-refractivity contribution in [2.75, 3.05) is 0 Å². The first-order chi connectivity index (χ1) is 6.63. The van der Waals surface area contributed by atoms with Gasteiger partial charge >= 0.3 is 0 Å². The number of aliphatic hydroxyl groups is 1. The van der Waals surface area contributed by atoms with Gasteiger partial charge in [-0.2, -0.15) is 0 Å². The fourth-order valence-electron chi connectivity index (χ4n) is 0.861. The molecular weight excluding hydrogens is 190 g/mol. The lowest BCUT2D eigenvalue weighted by Gasteiger charge is -2.04. The van der Waals surface area contributed by atoms with Crippen LogP contribution < -0.4 is 17.0 Å². The van der Waals surface area contributed by atoms with E-state index in [0.717, 1.165) is 0 Å². The van der Waals surface area contributed by atoms with E-state index in [9.17, 15) is 4.79 Å². The monoisotopic (exact) mass is 201 g/mol. The third-order valence-electron chi connectivity index (χ3n) is 1.45. The molecule has 1 rings (SSSR count). The van der Waals surface area contributed by atoms with Crippen LogP contribution in [0.3, 0.4) is 0 Å². The first-order valence-electron chi connectivity index (χ1n) is 3.81. The highest BCUT2D eigenvalue weighted by Gasteiger charge is 2.11. The van der Waals surface area contributed by atoms with E-state index >= 15 is 0 Å². The summed E-state index contributed by atoms with van der Waals surface area (Å²) in [7, 11) is 0. The number of rotatable bonds is 4. The van der Waals surface area contributed by atoms with E-state index in [1.54, 1.807) is 0 Å². The fourth-order valence-corrected chi connectivity index (χ4v) is 0.861. The number of hydrazine groups is 1. The van der Waals surface area contributed by atoms with Crippen LogP contribution in [-0.4, -0.2) is 37.4 Å². The minimum Gasteiger partial charge on any atom is -0.378 e. The number of aliphatic hydroxyl groups excluding tert-OH is 1. The van der Waals surface area contributed by atoms with Crippen molar-refractivity contribution in [2.45, 2.75) is 19.2 Å². The molecule has 0 radical (unpaired) electrons. The van der Waals surface area contributed by atoms with Gasteiger partial charge in [-0.25, -0.2) is 10.5 Å². The van der Waals surface area contributed by atoms with E-state index in [0.29, 0.717) is 5.82 Å². The first kappa shape index (κ1) is 10.5. The number of carbonyl (C=O) groups is 1. The molecule has 9 nitrogen and oxygen atoms in total. The normalized spacial score (nSPS) is 12.5. The van der Waals surface area contributed by atoms with E-state index < -0.39 is 12.1 Å². The lowest BCUT2D eigenvalue weighted by Crippen LogP contribution is -2.34. The maximum Gasteiger partial charge on any atom is 0.255 e. The van der Waals surface area contributed by atoms with Crippen LogP contribution in [0.4, 0.5) is 0 Å². The molecule has 0 aliphatic rings. The zero-order chi connectivity index (χ0) is 10.6. The molecule has 0 saturated carbocycles. The molecule has 0 aromatic carbocycles. The second-order valence-corrected chi connectivity index (χ2v) is 2.59. The topological polar surface area (TPSA) is 145 Å². The van der Waals surface area contributed by atoms with E-state index in [4.69, 9.17) is 16.7 Å². The van der Waals surface area contributed by atoms with Crippen molar-refractivity contribution in [3.05, 3.63) is 5.82 Å². The predicted molar refractivity (Wildman–Crippen MR) is 44.0 cm³/mol. The number of nitrogens with zero attached hydrogens (tertiary/aromatic N) is 4. The van der Waals surface area contributed by atoms with E-state index in [1.165, 1.54) is 4.68 Å². The summed E-state index contributed by atoms with van der Waals surface area (Å²) in [5, 5.41) is 19.3. The van der Waals surface area contributed by atoms with Crippen LogP contribution in [0.15, 0.2) is 0 Å². The molecule has 1 aromatic rings. The van der Waals surface area contributed by atoms with Gasteiger partial charge in [-0.3, -0.25) is 10.2 Å². The molecule has 0 saturated heterocycles. The average molecular weight is 201 g/mol. The molecule has 0 spiro atoms. The lowest BCUT2D eigenvalue weighted by atomic mass is 10.3. The third-order valence-corrected chi connectivity index (χ3v) is 1.45. The van der Waals surface area contributed by atoms with E-state index in [1.807, 2.05) is 5.43 Å². The zero-order valence-electron chi connectivity index (χ0n) is 7.29. The van der Waals surface area contributed by atoms with Gasteiger partial charge in [0.2, 0.25) is 0 Å². The summed E-state index contributed by atoms with van der Waals surface area (Å²) in [4.78, 5) is 10.9. The zero-order valence-corrected chi connectivity index (χ0v) is 7.29. The maximum atomic E-state index is 10.9. The fraction of sp³-hybridized carbons (Fsp3) is 0.600. The maximum absolute atomic E-state index is 10.9. The van der Waals surface area contributed by atoms with Crippen LogP contribution in [0.1, 0.15) is 5.82 Å². The number of aromatic nitrogens is 4. The molecule has 0 fully saturated rings. The van der Waals surface area contributed by atoms with Crippen molar-refractivity contribution in [1.29, 1.82) is 0 Å². The van der Waals surface area contributed by atoms with Gasteiger partial charge in [0.25, 0.3) is 5.91 Å². The van der Waals surface area contributed by atoms with E-state index in [2.05, 4.69) is 15.5 Å². The van der Waals surface area contributed by atoms with Gasteiger partial charge in [0, 0.05) is 6.42 Å². The van der Waals surface area contributed by atoms with Crippen LogP contribution in [0.2, 0.25) is 0 Å². The molecule has 1 atom stereocenters. The summed E-state index contributed by atoms with van der Waals surface area (Å²) >= 11 is 0. The highest BCUT2D eigenvalue weighted by molar-refractivity contribution is 5.74. The van der Waals surface area contributed by atoms with Gasteiger partial charge in [0.15, 0.2) is 5.82 Å². The van der Waals surface area contributed by atoms with Crippen molar-refractivity contribution in [2.24, 2.45) is 11.6 Å². The molecule has 1 aromatic heterocycles. The summed E-state index contributed by atoms with van der Waals surface area (Å²) < 4.78 is 1.21. The Morgan fingerprint density at radius 2 is 2.43 bits per heavy atom. The molecular formula is C5H11N7O2. The largest absolute Gasteiger partial charge is 0.378 e. The molecule has 0 bridgehead atoms. The van der Waals surface area contributed by atoms with Gasteiger partial charge in [-0.15, -0.1) is 5.10 Å². The van der Waals surface area contributed by atoms with E-state index in [-0.39, 0.29) is 13.0 Å². The van der Waals surface area contributed by atoms with Crippen molar-refractivity contribution >= 4 is 5.91 Å². The molecule has 9 heteroatoms. The number of nitrogens with two attached hydrogens (primary N) is 2. The van der Waals surface area contributed by atoms with Crippen molar-refractivity contribution < 1.29 is 9.90 Å². The van der Waals surface area contributed by atoms with Crippen molar-refractivity contribution in [1.82, 2.24) is 25.6 Å². The predicted octanol–water partition coefficient (Wildman–Crippen LogP) is -3.52. The Hall–Kier alpha value is -1.58. The second kappa shape index (κ2) is 4.60. The molecule has 1 heterocycles.